The quantitative estimate of drug-likeness (QED) is 0.796. The molecule has 3 heteroatoms. The van der Waals surface area contributed by atoms with Crippen molar-refractivity contribution in [1.29, 1.82) is 0 Å². The number of esters is 1. The van der Waals surface area contributed by atoms with Crippen molar-refractivity contribution in [1.82, 2.24) is 5.32 Å². The number of carbonyl (C=O) groups excluding carboxylic acids is 1. The molecule has 1 aromatic rings. The van der Waals surface area contributed by atoms with E-state index >= 15 is 0 Å². The maximum atomic E-state index is 11.4. The van der Waals surface area contributed by atoms with Gasteiger partial charge in [-0.15, -0.1) is 0 Å². The molecule has 2 rings (SSSR count). The third kappa shape index (κ3) is 2.86. The number of hydrogen-bond donors (Lipinski definition) is 1. The largest absolute Gasteiger partial charge is 0.469 e. The van der Waals surface area contributed by atoms with E-state index in [9.17, 15) is 4.79 Å². The fraction of sp³-hybridized carbons (Fsp3) is 0.500. The number of benzene rings is 1. The van der Waals surface area contributed by atoms with E-state index in [-0.39, 0.29) is 11.9 Å². The second-order valence-electron chi connectivity index (χ2n) is 4.67. The third-order valence-corrected chi connectivity index (χ3v) is 3.43. The molecule has 17 heavy (non-hydrogen) atoms. The summed E-state index contributed by atoms with van der Waals surface area (Å²) in [5.74, 6) is -0.0819. The molecule has 3 nitrogen and oxygen atoms in total. The van der Waals surface area contributed by atoms with Gasteiger partial charge >= 0.3 is 5.97 Å². The molecule has 1 fully saturated rings. The van der Waals surface area contributed by atoms with E-state index in [0.29, 0.717) is 12.6 Å². The molecule has 1 aliphatic rings. The topological polar surface area (TPSA) is 38.3 Å². The Balaban J connectivity index is 1.95. The zero-order valence-electron chi connectivity index (χ0n) is 10.4. The van der Waals surface area contributed by atoms with Crippen LogP contribution in [0.1, 0.15) is 30.0 Å². The van der Waals surface area contributed by atoms with Gasteiger partial charge in [0.15, 0.2) is 0 Å². The summed E-state index contributed by atoms with van der Waals surface area (Å²) in [4.78, 5) is 11.4. The molecule has 1 saturated heterocycles. The Kier molecular flexibility index (Phi) is 3.79. The van der Waals surface area contributed by atoms with Gasteiger partial charge < -0.3 is 10.1 Å². The maximum absolute atomic E-state index is 11.4. The minimum atomic E-state index is -0.0974. The number of aryl methyl sites for hydroxylation is 1. The lowest BCUT2D eigenvalue weighted by Gasteiger charge is -2.28. The molecule has 0 saturated carbocycles. The Morgan fingerprint density at radius 2 is 2.00 bits per heavy atom. The molecule has 1 aromatic carbocycles. The van der Waals surface area contributed by atoms with E-state index in [1.54, 1.807) is 0 Å². The van der Waals surface area contributed by atoms with Gasteiger partial charge in [0.05, 0.1) is 13.0 Å². The fourth-order valence-electron chi connectivity index (χ4n) is 2.31. The molecule has 0 amide bonds. The average Bonchev–Trinajstić information content (AvgIpc) is 2.39. The van der Waals surface area contributed by atoms with Gasteiger partial charge in [0.1, 0.15) is 0 Å². The lowest BCUT2D eigenvalue weighted by atomic mass is 9.91. The number of ether oxygens (including phenoxy) is 1. The highest BCUT2D eigenvalue weighted by molar-refractivity contribution is 5.72. The predicted molar refractivity (Wildman–Crippen MR) is 66.7 cm³/mol. The highest BCUT2D eigenvalue weighted by Crippen LogP contribution is 2.26. The predicted octanol–water partition coefficient (Wildman–Crippen LogP) is 2.21. The highest BCUT2D eigenvalue weighted by Gasteiger charge is 2.26. The maximum Gasteiger partial charge on any atom is 0.309 e. The van der Waals surface area contributed by atoms with E-state index in [2.05, 4.69) is 36.5 Å². The number of hydrogen-bond acceptors (Lipinski definition) is 3. The molecule has 1 aliphatic heterocycles. The Bertz CT molecular complexity index is 378. The van der Waals surface area contributed by atoms with Gasteiger partial charge in [0.2, 0.25) is 0 Å². The first-order valence-corrected chi connectivity index (χ1v) is 6.08. The summed E-state index contributed by atoms with van der Waals surface area (Å²) in [7, 11) is 1.45. The normalized spacial score (nSPS) is 24.4. The standard InChI is InChI=1S/C14H19NO2/c1-10-3-5-11(6-4-10)13-8-7-12(9-15-13)14(16)17-2/h3-6,12-13,15H,7-9H2,1-2H3. The van der Waals surface area contributed by atoms with Crippen molar-refractivity contribution in [3.63, 3.8) is 0 Å². The summed E-state index contributed by atoms with van der Waals surface area (Å²) in [6, 6.07) is 8.94. The van der Waals surface area contributed by atoms with Crippen LogP contribution >= 0.6 is 0 Å². The van der Waals surface area contributed by atoms with Gasteiger partial charge in [-0.2, -0.15) is 0 Å². The fourth-order valence-corrected chi connectivity index (χ4v) is 2.31. The van der Waals surface area contributed by atoms with Crippen molar-refractivity contribution in [2.24, 2.45) is 5.92 Å². The van der Waals surface area contributed by atoms with E-state index in [1.807, 2.05) is 0 Å². The lowest BCUT2D eigenvalue weighted by molar-refractivity contribution is -0.146. The molecular formula is C14H19NO2. The van der Waals surface area contributed by atoms with E-state index in [4.69, 9.17) is 4.74 Å². The Morgan fingerprint density at radius 1 is 1.29 bits per heavy atom. The zero-order chi connectivity index (χ0) is 12.3. The van der Waals surface area contributed by atoms with Crippen LogP contribution in [0.4, 0.5) is 0 Å². The third-order valence-electron chi connectivity index (χ3n) is 3.43. The van der Waals surface area contributed by atoms with Crippen LogP contribution in [0.25, 0.3) is 0 Å². The molecule has 0 aliphatic carbocycles. The second kappa shape index (κ2) is 5.32. The minimum Gasteiger partial charge on any atom is -0.469 e. The Hall–Kier alpha value is -1.35. The van der Waals surface area contributed by atoms with Crippen LogP contribution in [0.15, 0.2) is 24.3 Å². The number of carbonyl (C=O) groups is 1. The van der Waals surface area contributed by atoms with Gasteiger partial charge in [-0.25, -0.2) is 0 Å². The van der Waals surface area contributed by atoms with E-state index < -0.39 is 0 Å². The van der Waals surface area contributed by atoms with Crippen molar-refractivity contribution >= 4 is 5.97 Å². The van der Waals surface area contributed by atoms with Gasteiger partial charge in [-0.3, -0.25) is 4.79 Å². The van der Waals surface area contributed by atoms with Gasteiger partial charge in [0.25, 0.3) is 0 Å². The summed E-state index contributed by atoms with van der Waals surface area (Å²) in [6.07, 6.45) is 1.89. The molecule has 0 spiro atoms. The molecule has 0 aromatic heterocycles. The first-order chi connectivity index (χ1) is 8.20. The zero-order valence-corrected chi connectivity index (χ0v) is 10.4. The van der Waals surface area contributed by atoms with Gasteiger partial charge in [0, 0.05) is 12.6 Å². The van der Waals surface area contributed by atoms with Gasteiger partial charge in [-0.05, 0) is 25.3 Å². The van der Waals surface area contributed by atoms with Crippen molar-refractivity contribution in [2.45, 2.75) is 25.8 Å². The summed E-state index contributed by atoms with van der Waals surface area (Å²) in [6.45, 7) is 2.80. The smallest absolute Gasteiger partial charge is 0.309 e. The second-order valence-corrected chi connectivity index (χ2v) is 4.67. The van der Waals surface area contributed by atoms with Crippen LogP contribution in [-0.4, -0.2) is 19.6 Å². The summed E-state index contributed by atoms with van der Waals surface area (Å²) >= 11 is 0. The molecule has 2 atom stereocenters. The van der Waals surface area contributed by atoms with Crippen LogP contribution in [0.5, 0.6) is 0 Å². The monoisotopic (exact) mass is 233 g/mol. The molecule has 92 valence electrons. The van der Waals surface area contributed by atoms with Crippen LogP contribution in [0, 0.1) is 12.8 Å². The van der Waals surface area contributed by atoms with Crippen LogP contribution in [0.2, 0.25) is 0 Å². The van der Waals surface area contributed by atoms with Crippen LogP contribution in [-0.2, 0) is 9.53 Å². The van der Waals surface area contributed by atoms with Crippen molar-refractivity contribution in [2.75, 3.05) is 13.7 Å². The number of methoxy groups -OCH3 is 1. The molecule has 1 N–H and O–H groups in total. The van der Waals surface area contributed by atoms with Crippen molar-refractivity contribution < 1.29 is 9.53 Å². The summed E-state index contributed by atoms with van der Waals surface area (Å²) in [5, 5.41) is 3.42. The number of nitrogens with one attached hydrogen (secondary N) is 1. The highest BCUT2D eigenvalue weighted by atomic mass is 16.5. The van der Waals surface area contributed by atoms with Crippen molar-refractivity contribution in [3.05, 3.63) is 35.4 Å². The molecule has 0 bridgehead atoms. The van der Waals surface area contributed by atoms with Gasteiger partial charge in [-0.1, -0.05) is 29.8 Å². The van der Waals surface area contributed by atoms with Crippen molar-refractivity contribution in [3.8, 4) is 0 Å². The SMILES string of the molecule is COC(=O)C1CCC(c2ccc(C)cc2)NC1. The Morgan fingerprint density at radius 3 is 2.53 bits per heavy atom. The summed E-state index contributed by atoms with van der Waals surface area (Å²) < 4.78 is 4.77. The lowest BCUT2D eigenvalue weighted by Crippen LogP contribution is -2.37. The van der Waals surface area contributed by atoms with Crippen LogP contribution in [0.3, 0.4) is 0 Å². The first-order valence-electron chi connectivity index (χ1n) is 6.08. The minimum absolute atomic E-state index is 0.0155. The molecule has 0 radical (unpaired) electrons. The van der Waals surface area contributed by atoms with Crippen LogP contribution < -0.4 is 5.32 Å². The Labute approximate surface area is 102 Å². The van der Waals surface area contributed by atoms with E-state index in [0.717, 1.165) is 12.8 Å². The molecule has 1 heterocycles. The molecular weight excluding hydrogens is 214 g/mol. The number of rotatable bonds is 2. The first kappa shape index (κ1) is 12.1. The number of piperidine rings is 1. The average molecular weight is 233 g/mol. The molecule has 2 unspecified atom stereocenters. The van der Waals surface area contributed by atoms with E-state index in [1.165, 1.54) is 18.2 Å². The summed E-state index contributed by atoms with van der Waals surface area (Å²) in [5.41, 5.74) is 2.58.